The highest BCUT2D eigenvalue weighted by molar-refractivity contribution is 5.86. The predicted molar refractivity (Wildman–Crippen MR) is 78.6 cm³/mol. The first-order chi connectivity index (χ1) is 9.47. The van der Waals surface area contributed by atoms with E-state index in [1.54, 1.807) is 24.1 Å². The van der Waals surface area contributed by atoms with Gasteiger partial charge in [0, 0.05) is 13.6 Å². The van der Waals surface area contributed by atoms with Crippen molar-refractivity contribution in [3.63, 3.8) is 0 Å². The highest BCUT2D eigenvalue weighted by Crippen LogP contribution is 2.23. The molecule has 1 aromatic rings. The Morgan fingerprint density at radius 2 is 2.30 bits per heavy atom. The third-order valence-electron chi connectivity index (χ3n) is 3.19. The van der Waals surface area contributed by atoms with Crippen LogP contribution in [0.1, 0.15) is 20.3 Å². The van der Waals surface area contributed by atoms with Crippen molar-refractivity contribution in [3.8, 4) is 5.88 Å². The molecule has 1 aromatic heterocycles. The van der Waals surface area contributed by atoms with E-state index in [1.165, 1.54) is 0 Å². The summed E-state index contributed by atoms with van der Waals surface area (Å²) >= 11 is 0. The van der Waals surface area contributed by atoms with Crippen molar-refractivity contribution in [1.29, 1.82) is 0 Å². The summed E-state index contributed by atoms with van der Waals surface area (Å²) in [5.41, 5.74) is 6.35. The molecule has 0 saturated carbocycles. The van der Waals surface area contributed by atoms with Gasteiger partial charge in [-0.1, -0.05) is 13.8 Å². The first kappa shape index (κ1) is 14.4. The van der Waals surface area contributed by atoms with Crippen LogP contribution in [0.2, 0.25) is 0 Å². The smallest absolute Gasteiger partial charge is 0.244 e. The van der Waals surface area contributed by atoms with Crippen LogP contribution in [0.25, 0.3) is 0 Å². The van der Waals surface area contributed by atoms with Crippen LogP contribution in [0, 0.1) is 5.92 Å². The summed E-state index contributed by atoms with van der Waals surface area (Å²) in [6.45, 7) is 5.45. The third kappa shape index (κ3) is 3.31. The molecule has 0 spiro atoms. The van der Waals surface area contributed by atoms with E-state index in [0.717, 1.165) is 13.0 Å². The van der Waals surface area contributed by atoms with Crippen LogP contribution in [0.15, 0.2) is 12.1 Å². The minimum absolute atomic E-state index is 0.0910. The van der Waals surface area contributed by atoms with Crippen molar-refractivity contribution in [1.82, 2.24) is 9.88 Å². The number of likely N-dealkylation sites (tertiary alicyclic amines) is 1. The number of aromatic nitrogens is 1. The van der Waals surface area contributed by atoms with Crippen LogP contribution in [0.4, 0.5) is 11.5 Å². The van der Waals surface area contributed by atoms with E-state index in [2.05, 4.69) is 24.1 Å². The highest BCUT2D eigenvalue weighted by atomic mass is 16.5. The number of ether oxygens (including phenoxy) is 1. The van der Waals surface area contributed by atoms with Crippen molar-refractivity contribution in [2.45, 2.75) is 26.3 Å². The summed E-state index contributed by atoms with van der Waals surface area (Å²) in [5, 5.41) is 3.14. The Kier molecular flexibility index (Phi) is 4.32. The molecule has 2 rings (SSSR count). The molecule has 0 aromatic carbocycles. The molecule has 1 amide bonds. The second kappa shape index (κ2) is 5.98. The second-order valence-electron chi connectivity index (χ2n) is 5.54. The van der Waals surface area contributed by atoms with E-state index < -0.39 is 0 Å². The van der Waals surface area contributed by atoms with Gasteiger partial charge in [0.2, 0.25) is 11.8 Å². The van der Waals surface area contributed by atoms with Crippen LogP contribution < -0.4 is 15.8 Å². The average Bonchev–Trinajstić information content (AvgIpc) is 2.71. The Balaban J connectivity index is 2.05. The third-order valence-corrected chi connectivity index (χ3v) is 3.19. The maximum absolute atomic E-state index is 11.9. The van der Waals surface area contributed by atoms with E-state index in [0.29, 0.717) is 29.9 Å². The number of hydrogen-bond acceptors (Lipinski definition) is 5. The van der Waals surface area contributed by atoms with Gasteiger partial charge in [0.15, 0.2) is 0 Å². The normalized spacial score (nSPS) is 18.7. The molecule has 1 aliphatic heterocycles. The number of nitrogen functional groups attached to an aromatic ring is 1. The molecular weight excluding hydrogens is 256 g/mol. The highest BCUT2D eigenvalue weighted by Gasteiger charge is 2.29. The Labute approximate surface area is 119 Å². The van der Waals surface area contributed by atoms with Crippen LogP contribution >= 0.6 is 0 Å². The van der Waals surface area contributed by atoms with Crippen LogP contribution in [-0.2, 0) is 4.79 Å². The largest absolute Gasteiger partial charge is 0.476 e. The molecule has 1 unspecified atom stereocenters. The number of likely N-dealkylation sites (N-methyl/N-ethyl adjacent to an activating group) is 1. The van der Waals surface area contributed by atoms with Crippen molar-refractivity contribution >= 4 is 17.4 Å². The van der Waals surface area contributed by atoms with E-state index in [1.807, 2.05) is 0 Å². The monoisotopic (exact) mass is 278 g/mol. The maximum Gasteiger partial charge on any atom is 0.244 e. The molecule has 2 heterocycles. The van der Waals surface area contributed by atoms with Gasteiger partial charge in [-0.15, -0.1) is 0 Å². The Bertz CT molecular complexity index is 490. The van der Waals surface area contributed by atoms with E-state index in [9.17, 15) is 4.79 Å². The topological polar surface area (TPSA) is 80.5 Å². The fourth-order valence-corrected chi connectivity index (χ4v) is 2.03. The van der Waals surface area contributed by atoms with E-state index in [4.69, 9.17) is 10.5 Å². The summed E-state index contributed by atoms with van der Waals surface area (Å²) in [6.07, 6.45) is 0.781. The molecule has 0 aliphatic carbocycles. The van der Waals surface area contributed by atoms with Crippen molar-refractivity contribution in [2.24, 2.45) is 5.92 Å². The number of amides is 1. The number of carbonyl (C=O) groups is 1. The van der Waals surface area contributed by atoms with Gasteiger partial charge >= 0.3 is 0 Å². The lowest BCUT2D eigenvalue weighted by molar-refractivity contribution is -0.127. The lowest BCUT2D eigenvalue weighted by Crippen LogP contribution is -2.31. The fourth-order valence-electron chi connectivity index (χ4n) is 2.03. The van der Waals surface area contributed by atoms with Crippen molar-refractivity contribution in [3.05, 3.63) is 12.1 Å². The average molecular weight is 278 g/mol. The first-order valence-corrected chi connectivity index (χ1v) is 6.88. The molecule has 110 valence electrons. The van der Waals surface area contributed by atoms with Gasteiger partial charge in [0.25, 0.3) is 0 Å². The number of anilines is 2. The van der Waals surface area contributed by atoms with Crippen molar-refractivity contribution in [2.75, 3.05) is 31.2 Å². The number of hydrogen-bond donors (Lipinski definition) is 2. The first-order valence-electron chi connectivity index (χ1n) is 6.88. The minimum Gasteiger partial charge on any atom is -0.476 e. The van der Waals surface area contributed by atoms with Crippen molar-refractivity contribution < 1.29 is 9.53 Å². The number of rotatable bonds is 5. The maximum atomic E-state index is 11.9. The van der Waals surface area contributed by atoms with Crippen LogP contribution in [0.5, 0.6) is 5.88 Å². The number of pyridine rings is 1. The molecule has 0 bridgehead atoms. The summed E-state index contributed by atoms with van der Waals surface area (Å²) in [6, 6.07) is 3.30. The summed E-state index contributed by atoms with van der Waals surface area (Å²) in [7, 11) is 1.80. The number of nitrogens with two attached hydrogens (primary N) is 1. The molecular formula is C14H22N4O2. The summed E-state index contributed by atoms with van der Waals surface area (Å²) in [4.78, 5) is 17.9. The molecule has 6 nitrogen and oxygen atoms in total. The van der Waals surface area contributed by atoms with E-state index in [-0.39, 0.29) is 11.9 Å². The fraction of sp³-hybridized carbons (Fsp3) is 0.571. The van der Waals surface area contributed by atoms with Gasteiger partial charge in [0.05, 0.1) is 12.3 Å². The second-order valence-corrected chi connectivity index (χ2v) is 5.54. The van der Waals surface area contributed by atoms with E-state index >= 15 is 0 Å². The minimum atomic E-state index is -0.214. The Morgan fingerprint density at radius 1 is 1.55 bits per heavy atom. The molecule has 3 N–H and O–H groups in total. The molecule has 6 heteroatoms. The molecule has 1 saturated heterocycles. The predicted octanol–water partition coefficient (Wildman–Crippen LogP) is 1.34. The Hall–Kier alpha value is -1.98. The molecule has 1 aliphatic rings. The zero-order valence-corrected chi connectivity index (χ0v) is 12.2. The van der Waals surface area contributed by atoms with Gasteiger partial charge in [-0.25, -0.2) is 0 Å². The van der Waals surface area contributed by atoms with Gasteiger partial charge in [0.1, 0.15) is 11.9 Å². The van der Waals surface area contributed by atoms with Crippen LogP contribution in [-0.4, -0.2) is 42.0 Å². The quantitative estimate of drug-likeness (QED) is 0.849. The SMILES string of the molecule is CC(C)COc1nc(NC2CCN(C)C2=O)ccc1N. The lowest BCUT2D eigenvalue weighted by atomic mass is 10.2. The molecule has 1 fully saturated rings. The van der Waals surface area contributed by atoms with Gasteiger partial charge < -0.3 is 20.7 Å². The zero-order chi connectivity index (χ0) is 14.7. The molecule has 0 radical (unpaired) electrons. The molecule has 1 atom stereocenters. The number of carbonyl (C=O) groups excluding carboxylic acids is 1. The standard InChI is InChI=1S/C14H22N4O2/c1-9(2)8-20-13-10(15)4-5-12(17-13)16-11-6-7-18(3)14(11)19/h4-5,9,11H,6-8,15H2,1-3H3,(H,16,17). The van der Waals surface area contributed by atoms with Gasteiger partial charge in [-0.2, -0.15) is 4.98 Å². The lowest BCUT2D eigenvalue weighted by Gasteiger charge is -2.15. The molecule has 20 heavy (non-hydrogen) atoms. The summed E-state index contributed by atoms with van der Waals surface area (Å²) in [5.74, 6) is 1.53. The van der Waals surface area contributed by atoms with Gasteiger partial charge in [-0.05, 0) is 24.5 Å². The van der Waals surface area contributed by atoms with Crippen LogP contribution in [0.3, 0.4) is 0 Å². The summed E-state index contributed by atoms with van der Waals surface area (Å²) < 4.78 is 5.58. The Morgan fingerprint density at radius 3 is 2.90 bits per heavy atom. The van der Waals surface area contributed by atoms with Gasteiger partial charge in [-0.3, -0.25) is 4.79 Å². The number of nitrogens with one attached hydrogen (secondary N) is 1. The zero-order valence-electron chi connectivity index (χ0n) is 12.2. The number of nitrogens with zero attached hydrogens (tertiary/aromatic N) is 2.